The third kappa shape index (κ3) is 6.50. The van der Waals surface area contributed by atoms with Crippen molar-refractivity contribution in [3.63, 3.8) is 0 Å². The summed E-state index contributed by atoms with van der Waals surface area (Å²) in [7, 11) is 0. The van der Waals surface area contributed by atoms with E-state index in [4.69, 9.17) is 0 Å². The Hall–Kier alpha value is -3.23. The molecule has 9 heteroatoms. The predicted molar refractivity (Wildman–Crippen MR) is 136 cm³/mol. The Labute approximate surface area is 223 Å². The molecule has 4 rings (SSSR count). The van der Waals surface area contributed by atoms with Crippen molar-refractivity contribution >= 4 is 5.97 Å². The van der Waals surface area contributed by atoms with Crippen LogP contribution in [-0.2, 0) is 23.6 Å². The number of benzene rings is 2. The Bertz CT molecular complexity index is 1290. The zero-order valence-corrected chi connectivity index (χ0v) is 21.7. The molecular formula is C30H31F6NO2. The molecule has 2 aromatic carbocycles. The van der Waals surface area contributed by atoms with Crippen LogP contribution in [0, 0.1) is 5.92 Å². The largest absolute Gasteiger partial charge is 0.481 e. The van der Waals surface area contributed by atoms with E-state index in [-0.39, 0.29) is 18.3 Å². The van der Waals surface area contributed by atoms with Crippen molar-refractivity contribution in [2.75, 3.05) is 0 Å². The first kappa shape index (κ1) is 28.8. The van der Waals surface area contributed by atoms with Gasteiger partial charge in [-0.15, -0.1) is 0 Å². The van der Waals surface area contributed by atoms with E-state index in [1.54, 1.807) is 0 Å². The molecule has 1 aliphatic rings. The topological polar surface area (TPSA) is 42.2 Å². The Kier molecular flexibility index (Phi) is 8.19. The summed E-state index contributed by atoms with van der Waals surface area (Å²) in [5.74, 6) is -0.979. The first-order valence-electron chi connectivity index (χ1n) is 13.1. The van der Waals surface area contributed by atoms with Crippen LogP contribution in [0.15, 0.2) is 54.6 Å². The third-order valence-electron chi connectivity index (χ3n) is 7.43. The molecule has 1 unspecified atom stereocenters. The summed E-state index contributed by atoms with van der Waals surface area (Å²) in [6, 6.07) is 11.3. The minimum absolute atomic E-state index is 0.104. The van der Waals surface area contributed by atoms with E-state index in [0.717, 1.165) is 48.4 Å². The van der Waals surface area contributed by atoms with Crippen LogP contribution in [0.25, 0.3) is 11.3 Å². The number of carboxylic acids is 1. The van der Waals surface area contributed by atoms with Crippen molar-refractivity contribution in [2.45, 2.75) is 76.7 Å². The summed E-state index contributed by atoms with van der Waals surface area (Å²) in [5.41, 5.74) is 2.01. The van der Waals surface area contributed by atoms with Gasteiger partial charge >= 0.3 is 18.3 Å². The molecule has 1 aromatic heterocycles. The first-order chi connectivity index (χ1) is 18.3. The van der Waals surface area contributed by atoms with Gasteiger partial charge in [0, 0.05) is 17.3 Å². The van der Waals surface area contributed by atoms with Gasteiger partial charge in [-0.1, -0.05) is 38.1 Å². The number of hydrogen-bond donors (Lipinski definition) is 1. The van der Waals surface area contributed by atoms with Crippen LogP contribution in [0.1, 0.15) is 85.9 Å². The number of aryl methyl sites for hydroxylation is 1. The van der Waals surface area contributed by atoms with Crippen molar-refractivity contribution in [1.29, 1.82) is 0 Å². The van der Waals surface area contributed by atoms with Crippen LogP contribution < -0.4 is 0 Å². The van der Waals surface area contributed by atoms with E-state index >= 15 is 0 Å². The van der Waals surface area contributed by atoms with Crippen LogP contribution in [0.3, 0.4) is 0 Å². The Morgan fingerprint density at radius 1 is 0.923 bits per heavy atom. The molecule has 39 heavy (non-hydrogen) atoms. The van der Waals surface area contributed by atoms with Gasteiger partial charge in [-0.3, -0.25) is 4.79 Å². The summed E-state index contributed by atoms with van der Waals surface area (Å²) >= 11 is 0. The molecule has 0 saturated heterocycles. The zero-order chi connectivity index (χ0) is 28.5. The molecule has 0 saturated carbocycles. The van der Waals surface area contributed by atoms with Crippen LogP contribution in [0.2, 0.25) is 0 Å². The first-order valence-corrected chi connectivity index (χ1v) is 13.1. The lowest BCUT2D eigenvalue weighted by Crippen LogP contribution is -2.22. The number of carboxylic acid groups (broad SMARTS) is 1. The number of halogens is 6. The molecule has 0 radical (unpaired) electrons. The lowest BCUT2D eigenvalue weighted by molar-refractivity contribution is -0.138. The molecule has 0 amide bonds. The SMILES string of the molecule is CC(C)CC[C@@H](c1ccc(C(F)(F)F)cc1)n1c(-c2ccc(C(F)(F)F)cc2)cc2c1C(CC(=O)O)CCC2. The highest BCUT2D eigenvalue weighted by atomic mass is 19.4. The highest BCUT2D eigenvalue weighted by Crippen LogP contribution is 2.44. The van der Waals surface area contributed by atoms with E-state index in [9.17, 15) is 36.2 Å². The van der Waals surface area contributed by atoms with Crippen LogP contribution in [-0.4, -0.2) is 15.6 Å². The molecule has 1 aliphatic carbocycles. The van der Waals surface area contributed by atoms with Gasteiger partial charge in [-0.25, -0.2) is 0 Å². The quantitative estimate of drug-likeness (QED) is 0.284. The van der Waals surface area contributed by atoms with E-state index in [2.05, 4.69) is 0 Å². The van der Waals surface area contributed by atoms with E-state index < -0.39 is 35.5 Å². The number of carbonyl (C=O) groups is 1. The minimum atomic E-state index is -4.49. The van der Waals surface area contributed by atoms with Crippen molar-refractivity contribution in [3.8, 4) is 11.3 Å². The maximum atomic E-state index is 13.3. The number of nitrogens with zero attached hydrogens (tertiary/aromatic N) is 1. The number of aromatic nitrogens is 1. The Morgan fingerprint density at radius 3 is 2.00 bits per heavy atom. The second-order valence-electron chi connectivity index (χ2n) is 10.7. The van der Waals surface area contributed by atoms with Crippen LogP contribution >= 0.6 is 0 Å². The smallest absolute Gasteiger partial charge is 0.416 e. The van der Waals surface area contributed by atoms with E-state index in [1.165, 1.54) is 24.3 Å². The number of hydrogen-bond acceptors (Lipinski definition) is 1. The summed E-state index contributed by atoms with van der Waals surface area (Å²) in [6.45, 7) is 4.08. The van der Waals surface area contributed by atoms with Gasteiger partial charge in [0.05, 0.1) is 23.6 Å². The predicted octanol–water partition coefficient (Wildman–Crippen LogP) is 9.11. The molecule has 1 N–H and O–H groups in total. The molecule has 3 aromatic rings. The van der Waals surface area contributed by atoms with Gasteiger partial charge < -0.3 is 9.67 Å². The normalized spacial score (nSPS) is 16.8. The average molecular weight is 552 g/mol. The summed E-state index contributed by atoms with van der Waals surface area (Å²) in [6.07, 6.45) is -5.67. The fraction of sp³-hybridized carbons (Fsp3) is 0.433. The van der Waals surface area contributed by atoms with Gasteiger partial charge in [-0.05, 0) is 85.0 Å². The lowest BCUT2D eigenvalue weighted by Gasteiger charge is -2.31. The van der Waals surface area contributed by atoms with Gasteiger partial charge in [0.2, 0.25) is 0 Å². The molecule has 0 aliphatic heterocycles. The van der Waals surface area contributed by atoms with Crippen LogP contribution in [0.4, 0.5) is 26.3 Å². The highest BCUT2D eigenvalue weighted by molar-refractivity contribution is 5.69. The van der Waals surface area contributed by atoms with E-state index in [0.29, 0.717) is 36.1 Å². The molecule has 210 valence electrons. The Morgan fingerprint density at radius 2 is 1.49 bits per heavy atom. The summed E-state index contributed by atoms with van der Waals surface area (Å²) < 4.78 is 81.7. The number of rotatable bonds is 8. The van der Waals surface area contributed by atoms with Gasteiger partial charge in [0.25, 0.3) is 0 Å². The van der Waals surface area contributed by atoms with Gasteiger partial charge in [0.15, 0.2) is 0 Å². The molecule has 0 bridgehead atoms. The highest BCUT2D eigenvalue weighted by Gasteiger charge is 2.34. The second kappa shape index (κ2) is 11.1. The molecule has 0 fully saturated rings. The fourth-order valence-corrected chi connectivity index (χ4v) is 5.56. The Balaban J connectivity index is 1.92. The third-order valence-corrected chi connectivity index (χ3v) is 7.43. The zero-order valence-electron chi connectivity index (χ0n) is 21.7. The number of alkyl halides is 6. The summed E-state index contributed by atoms with van der Waals surface area (Å²) in [4.78, 5) is 11.8. The monoisotopic (exact) mass is 551 g/mol. The van der Waals surface area contributed by atoms with Crippen molar-refractivity contribution < 1.29 is 36.2 Å². The van der Waals surface area contributed by atoms with Crippen molar-refractivity contribution in [3.05, 3.63) is 82.5 Å². The van der Waals surface area contributed by atoms with Gasteiger partial charge in [0.1, 0.15) is 0 Å². The van der Waals surface area contributed by atoms with Crippen molar-refractivity contribution in [1.82, 2.24) is 4.57 Å². The molecule has 0 spiro atoms. The average Bonchev–Trinajstić information content (AvgIpc) is 3.23. The van der Waals surface area contributed by atoms with Crippen LogP contribution in [0.5, 0.6) is 0 Å². The van der Waals surface area contributed by atoms with E-state index in [1.807, 2.05) is 24.5 Å². The molecule has 3 nitrogen and oxygen atoms in total. The maximum absolute atomic E-state index is 13.3. The maximum Gasteiger partial charge on any atom is 0.416 e. The molecule has 1 heterocycles. The summed E-state index contributed by atoms with van der Waals surface area (Å²) in [5, 5.41) is 9.63. The molecule has 2 atom stereocenters. The number of fused-ring (bicyclic) bond motifs is 1. The lowest BCUT2D eigenvalue weighted by atomic mass is 9.85. The number of aliphatic carboxylic acids is 1. The second-order valence-corrected chi connectivity index (χ2v) is 10.7. The standard InChI is InChI=1S/C30H31F6NO2/c1-18(2)6-15-25(19-7-11-23(12-8-19)29(31,32)33)37-26(20-9-13-24(14-10-20)30(34,35)36)16-21-4-3-5-22(28(21)37)17-27(38)39/h7-14,16,18,22,25H,3-6,15,17H2,1-2H3,(H,38,39)/t22?,25-/m0/s1. The fourth-order valence-electron chi connectivity index (χ4n) is 5.56. The minimum Gasteiger partial charge on any atom is -0.481 e. The van der Waals surface area contributed by atoms with Gasteiger partial charge in [-0.2, -0.15) is 26.3 Å². The van der Waals surface area contributed by atoms with Crippen molar-refractivity contribution in [2.24, 2.45) is 5.92 Å². The molecular weight excluding hydrogens is 520 g/mol.